The Kier molecular flexibility index (Phi) is 3.98. The van der Waals surface area contributed by atoms with Gasteiger partial charge in [0.1, 0.15) is 5.01 Å². The number of hydrogen-bond acceptors (Lipinski definition) is 4. The summed E-state index contributed by atoms with van der Waals surface area (Å²) >= 11 is 1.52. The Morgan fingerprint density at radius 3 is 2.73 bits per heavy atom. The van der Waals surface area contributed by atoms with Gasteiger partial charge in [0.05, 0.1) is 17.0 Å². The van der Waals surface area contributed by atoms with Crippen LogP contribution < -0.4 is 0 Å². The number of carbonyl (C=O) groups excluding carboxylic acids is 1. The molecule has 110 valence electrons. The molecule has 2 aromatic heterocycles. The van der Waals surface area contributed by atoms with Gasteiger partial charge >= 0.3 is 0 Å². The number of nitrogens with zero attached hydrogens (tertiary/aromatic N) is 3. The largest absolute Gasteiger partial charge is 0.289 e. The van der Waals surface area contributed by atoms with Crippen molar-refractivity contribution in [2.24, 2.45) is 7.05 Å². The molecule has 0 fully saturated rings. The molecule has 0 aliphatic carbocycles. The van der Waals surface area contributed by atoms with Crippen molar-refractivity contribution in [2.75, 3.05) is 0 Å². The summed E-state index contributed by atoms with van der Waals surface area (Å²) < 4.78 is 1.65. The first-order chi connectivity index (χ1) is 10.6. The van der Waals surface area contributed by atoms with Crippen LogP contribution in [0.4, 0.5) is 0 Å². The number of ketones is 1. The number of thiazole rings is 1. The van der Waals surface area contributed by atoms with Crippen LogP contribution >= 0.6 is 11.3 Å². The molecular formula is C17H15N3OS. The van der Waals surface area contributed by atoms with Crippen LogP contribution in [-0.4, -0.2) is 20.5 Å². The zero-order chi connectivity index (χ0) is 15.5. The Morgan fingerprint density at radius 2 is 2.05 bits per heavy atom. The molecule has 3 rings (SSSR count). The molecular weight excluding hydrogens is 294 g/mol. The topological polar surface area (TPSA) is 47.8 Å². The molecule has 0 unspecified atom stereocenters. The lowest BCUT2D eigenvalue weighted by molar-refractivity contribution is 0.104. The minimum Gasteiger partial charge on any atom is -0.289 e. The molecule has 1 aromatic carbocycles. The molecule has 0 saturated carbocycles. The van der Waals surface area contributed by atoms with Crippen LogP contribution in [0.5, 0.6) is 0 Å². The SMILES string of the molecule is Cc1nn(C)cc1C(=O)C=Cc1nc(-c2ccccc2)cs1. The third kappa shape index (κ3) is 3.04. The highest BCUT2D eigenvalue weighted by Crippen LogP contribution is 2.22. The average Bonchev–Trinajstić information content (AvgIpc) is 3.12. The Hall–Kier alpha value is -2.53. The lowest BCUT2D eigenvalue weighted by atomic mass is 10.1. The van der Waals surface area contributed by atoms with Gasteiger partial charge in [0.15, 0.2) is 5.78 Å². The standard InChI is InChI=1S/C17H15N3OS/c1-12-14(10-20(2)19-12)16(21)8-9-17-18-15(11-22-17)13-6-4-3-5-7-13/h3-11H,1-2H3. The highest BCUT2D eigenvalue weighted by molar-refractivity contribution is 7.10. The molecule has 0 aliphatic heterocycles. The zero-order valence-corrected chi connectivity index (χ0v) is 13.2. The minimum absolute atomic E-state index is 0.0536. The lowest BCUT2D eigenvalue weighted by Crippen LogP contribution is -1.94. The third-order valence-electron chi connectivity index (χ3n) is 3.25. The highest BCUT2D eigenvalue weighted by Gasteiger charge is 2.09. The van der Waals surface area contributed by atoms with Gasteiger partial charge in [-0.3, -0.25) is 9.48 Å². The molecule has 3 aromatic rings. The summed E-state index contributed by atoms with van der Waals surface area (Å²) in [6.45, 7) is 1.83. The number of allylic oxidation sites excluding steroid dienone is 1. The van der Waals surface area contributed by atoms with Gasteiger partial charge in [-0.1, -0.05) is 30.3 Å². The number of carbonyl (C=O) groups is 1. The first kappa shape index (κ1) is 14.4. The van der Waals surface area contributed by atoms with Crippen molar-refractivity contribution in [2.45, 2.75) is 6.92 Å². The Labute approximate surface area is 132 Å². The van der Waals surface area contributed by atoms with Gasteiger partial charge in [0.2, 0.25) is 0 Å². The quantitative estimate of drug-likeness (QED) is 0.545. The predicted molar refractivity (Wildman–Crippen MR) is 88.9 cm³/mol. The molecule has 0 amide bonds. The maximum absolute atomic E-state index is 12.2. The highest BCUT2D eigenvalue weighted by atomic mass is 32.1. The van der Waals surface area contributed by atoms with Crippen LogP contribution in [0.15, 0.2) is 48.0 Å². The van der Waals surface area contributed by atoms with Crippen molar-refractivity contribution in [3.05, 3.63) is 64.2 Å². The van der Waals surface area contributed by atoms with E-state index in [1.165, 1.54) is 11.3 Å². The van der Waals surface area contributed by atoms with Gasteiger partial charge < -0.3 is 0 Å². The number of aryl methyl sites for hydroxylation is 2. The van der Waals surface area contributed by atoms with Gasteiger partial charge in [-0.15, -0.1) is 11.3 Å². The molecule has 0 atom stereocenters. The van der Waals surface area contributed by atoms with Crippen LogP contribution in [0.25, 0.3) is 17.3 Å². The van der Waals surface area contributed by atoms with Crippen LogP contribution in [0.3, 0.4) is 0 Å². The van der Waals surface area contributed by atoms with Gasteiger partial charge in [-0.2, -0.15) is 5.10 Å². The molecule has 0 spiro atoms. The second-order valence-corrected chi connectivity index (χ2v) is 5.83. The Bertz CT molecular complexity index is 831. The average molecular weight is 309 g/mol. The lowest BCUT2D eigenvalue weighted by Gasteiger charge is -1.93. The van der Waals surface area contributed by atoms with Gasteiger partial charge in [-0.05, 0) is 19.1 Å². The summed E-state index contributed by atoms with van der Waals surface area (Å²) in [7, 11) is 1.81. The summed E-state index contributed by atoms with van der Waals surface area (Å²) in [6, 6.07) is 9.99. The first-order valence-electron chi connectivity index (χ1n) is 6.87. The van der Waals surface area contributed by atoms with E-state index in [9.17, 15) is 4.79 Å². The van der Waals surface area contributed by atoms with Crippen LogP contribution in [-0.2, 0) is 7.05 Å². The summed E-state index contributed by atoms with van der Waals surface area (Å²) in [4.78, 5) is 16.7. The van der Waals surface area contributed by atoms with Crippen molar-refractivity contribution < 1.29 is 4.79 Å². The van der Waals surface area contributed by atoms with Crippen LogP contribution in [0.2, 0.25) is 0 Å². The van der Waals surface area contributed by atoms with Crippen molar-refractivity contribution >= 4 is 23.2 Å². The minimum atomic E-state index is -0.0536. The molecule has 5 heteroatoms. The van der Waals surface area contributed by atoms with E-state index in [1.807, 2.05) is 42.6 Å². The van der Waals surface area contributed by atoms with E-state index in [0.717, 1.165) is 22.0 Å². The summed E-state index contributed by atoms with van der Waals surface area (Å²) in [5.41, 5.74) is 3.36. The van der Waals surface area contributed by atoms with E-state index in [-0.39, 0.29) is 5.78 Å². The first-order valence-corrected chi connectivity index (χ1v) is 7.75. The number of benzene rings is 1. The van der Waals surface area contributed by atoms with E-state index in [0.29, 0.717) is 5.56 Å². The van der Waals surface area contributed by atoms with Gasteiger partial charge in [0.25, 0.3) is 0 Å². The fourth-order valence-electron chi connectivity index (χ4n) is 2.18. The third-order valence-corrected chi connectivity index (χ3v) is 4.06. The molecule has 4 nitrogen and oxygen atoms in total. The Morgan fingerprint density at radius 1 is 1.27 bits per heavy atom. The van der Waals surface area contributed by atoms with E-state index in [2.05, 4.69) is 10.1 Å². The molecule has 0 aliphatic rings. The monoisotopic (exact) mass is 309 g/mol. The maximum Gasteiger partial charge on any atom is 0.189 e. The molecule has 0 saturated heterocycles. The van der Waals surface area contributed by atoms with Crippen molar-refractivity contribution in [3.63, 3.8) is 0 Å². The number of aromatic nitrogens is 3. The van der Waals surface area contributed by atoms with Crippen molar-refractivity contribution in [1.29, 1.82) is 0 Å². The van der Waals surface area contributed by atoms with Gasteiger partial charge in [-0.25, -0.2) is 4.98 Å². The Balaban J connectivity index is 1.78. The summed E-state index contributed by atoms with van der Waals surface area (Å²) in [5, 5.41) is 6.99. The number of hydrogen-bond donors (Lipinski definition) is 0. The van der Waals surface area contributed by atoms with E-state index >= 15 is 0 Å². The van der Waals surface area contributed by atoms with Crippen LogP contribution in [0, 0.1) is 6.92 Å². The molecule has 0 bridgehead atoms. The van der Waals surface area contributed by atoms with Crippen molar-refractivity contribution in [1.82, 2.24) is 14.8 Å². The molecule has 0 radical (unpaired) electrons. The normalized spacial score (nSPS) is 11.2. The van der Waals surface area contributed by atoms with Crippen LogP contribution in [0.1, 0.15) is 21.1 Å². The number of rotatable bonds is 4. The smallest absolute Gasteiger partial charge is 0.189 e. The molecule has 0 N–H and O–H groups in total. The van der Waals surface area contributed by atoms with Crippen molar-refractivity contribution in [3.8, 4) is 11.3 Å². The maximum atomic E-state index is 12.2. The molecule has 2 heterocycles. The van der Waals surface area contributed by atoms with E-state index in [4.69, 9.17) is 0 Å². The fourth-order valence-corrected chi connectivity index (χ4v) is 2.90. The fraction of sp³-hybridized carbons (Fsp3) is 0.118. The summed E-state index contributed by atoms with van der Waals surface area (Å²) in [6.07, 6.45) is 5.04. The second kappa shape index (κ2) is 6.07. The summed E-state index contributed by atoms with van der Waals surface area (Å²) in [5.74, 6) is -0.0536. The van der Waals surface area contributed by atoms with E-state index in [1.54, 1.807) is 30.1 Å². The van der Waals surface area contributed by atoms with Gasteiger partial charge in [0, 0.05) is 24.2 Å². The van der Waals surface area contributed by atoms with E-state index < -0.39 is 0 Å². The second-order valence-electron chi connectivity index (χ2n) is 4.94. The zero-order valence-electron chi connectivity index (χ0n) is 12.4. The predicted octanol–water partition coefficient (Wildman–Crippen LogP) is 3.75. The molecule has 22 heavy (non-hydrogen) atoms.